The molecule has 9 heteroatoms. The number of hydrogen-bond donors (Lipinski definition) is 1. The Balaban J connectivity index is 1.48. The number of aromatic hydroxyl groups is 1. The minimum absolute atomic E-state index is 0.0393. The van der Waals surface area contributed by atoms with Crippen molar-refractivity contribution < 1.29 is 29.0 Å². The van der Waals surface area contributed by atoms with Crippen LogP contribution in [0.2, 0.25) is 5.02 Å². The van der Waals surface area contributed by atoms with E-state index >= 15 is 0 Å². The zero-order valence-electron chi connectivity index (χ0n) is 21.7. The van der Waals surface area contributed by atoms with Crippen LogP contribution < -0.4 is 9.64 Å². The van der Waals surface area contributed by atoms with Crippen LogP contribution in [0, 0.1) is 24.7 Å². The van der Waals surface area contributed by atoms with Gasteiger partial charge in [0, 0.05) is 28.2 Å². The molecule has 0 bridgehead atoms. The predicted molar refractivity (Wildman–Crippen MR) is 153 cm³/mol. The number of anilines is 1. The van der Waals surface area contributed by atoms with Gasteiger partial charge in [-0.1, -0.05) is 35.4 Å². The Bertz CT molecular complexity index is 1620. The molecule has 4 atom stereocenters. The summed E-state index contributed by atoms with van der Waals surface area (Å²) in [6.07, 6.45) is 3.74. The maximum Gasteiger partial charge on any atom is 0.238 e. The maximum atomic E-state index is 14.0. The molecule has 2 amide bonds. The molecule has 2 aromatic carbocycles. The number of halogens is 2. The molecule has 6 rings (SSSR count). The lowest BCUT2D eigenvalue weighted by atomic mass is 9.59. The molecule has 1 saturated heterocycles. The highest BCUT2D eigenvalue weighted by Crippen LogP contribution is 2.56. The molecule has 1 fully saturated rings. The minimum Gasteiger partial charge on any atom is -0.504 e. The average Bonchev–Trinajstić information content (AvgIpc) is 3.19. The van der Waals surface area contributed by atoms with Gasteiger partial charge in [-0.05, 0) is 83.9 Å². The fourth-order valence-electron chi connectivity index (χ4n) is 6.54. The predicted octanol–water partition coefficient (Wildman–Crippen LogP) is 5.72. The largest absolute Gasteiger partial charge is 0.504 e. The van der Waals surface area contributed by atoms with Crippen molar-refractivity contribution in [3.05, 3.63) is 85.9 Å². The smallest absolute Gasteiger partial charge is 0.238 e. The number of Topliss-reactive ketones (excluding diaryl/α,β-unsaturated/α-hetero) is 1. The van der Waals surface area contributed by atoms with Crippen LogP contribution in [0.4, 0.5) is 5.69 Å². The quantitative estimate of drug-likeness (QED) is 0.266. The molecule has 40 heavy (non-hydrogen) atoms. The standard InChI is InChI=1S/C31H25BrClNO6/c1-3-40-25-10-15(5-9-23(25)35)26-17-7-8-18-27(19(17)12-20-28(26)24(36)13-21(32)29(20)37)31(39)34(30(18)38)16-6-4-14(2)22(33)11-16/h4-7,9-11,13,18-19,26-27,35H,3,8,12H2,1-2H3. The first-order valence-corrected chi connectivity index (χ1v) is 14.3. The molecular formula is C31H25BrClNO6. The maximum absolute atomic E-state index is 14.0. The van der Waals surface area contributed by atoms with Gasteiger partial charge in [-0.25, -0.2) is 4.90 Å². The molecule has 1 heterocycles. The molecule has 3 aliphatic carbocycles. The number of phenolic OH excluding ortho intramolecular Hbond substituents is 1. The van der Waals surface area contributed by atoms with Crippen LogP contribution >= 0.6 is 27.5 Å². The number of carbonyl (C=O) groups is 4. The van der Waals surface area contributed by atoms with E-state index in [2.05, 4.69) is 15.9 Å². The van der Waals surface area contributed by atoms with E-state index in [-0.39, 0.29) is 45.8 Å². The molecular weight excluding hydrogens is 598 g/mol. The molecule has 2 aromatic rings. The Morgan fingerprint density at radius 1 is 1.07 bits per heavy atom. The summed E-state index contributed by atoms with van der Waals surface area (Å²) in [4.78, 5) is 55.6. The number of imide groups is 1. The Morgan fingerprint density at radius 3 is 2.58 bits per heavy atom. The van der Waals surface area contributed by atoms with E-state index in [1.807, 2.05) is 13.0 Å². The summed E-state index contributed by atoms with van der Waals surface area (Å²) in [6.45, 7) is 3.97. The van der Waals surface area contributed by atoms with E-state index in [1.54, 1.807) is 37.3 Å². The number of benzene rings is 2. The molecule has 0 aromatic heterocycles. The van der Waals surface area contributed by atoms with E-state index in [0.29, 0.717) is 40.4 Å². The summed E-state index contributed by atoms with van der Waals surface area (Å²) in [6, 6.07) is 10.00. The van der Waals surface area contributed by atoms with Gasteiger partial charge in [0.25, 0.3) is 0 Å². The summed E-state index contributed by atoms with van der Waals surface area (Å²) in [7, 11) is 0. The Hall–Kier alpha value is -3.49. The van der Waals surface area contributed by atoms with Crippen LogP contribution in [0.3, 0.4) is 0 Å². The fourth-order valence-corrected chi connectivity index (χ4v) is 7.16. The number of allylic oxidation sites excluding steroid dienone is 6. The van der Waals surface area contributed by atoms with Gasteiger partial charge in [-0.3, -0.25) is 19.2 Å². The number of ketones is 2. The number of phenols is 1. The second kappa shape index (κ2) is 9.85. The van der Waals surface area contributed by atoms with E-state index in [1.165, 1.54) is 17.0 Å². The molecule has 7 nitrogen and oxygen atoms in total. The highest BCUT2D eigenvalue weighted by atomic mass is 79.9. The van der Waals surface area contributed by atoms with Crippen LogP contribution in [0.1, 0.15) is 36.8 Å². The number of hydrogen-bond acceptors (Lipinski definition) is 6. The van der Waals surface area contributed by atoms with Crippen LogP contribution in [0.15, 0.2) is 69.8 Å². The fraction of sp³-hybridized carbons (Fsp3) is 0.290. The summed E-state index contributed by atoms with van der Waals surface area (Å²) in [5.41, 5.74) is 3.44. The van der Waals surface area contributed by atoms with Crippen LogP contribution in [-0.4, -0.2) is 35.1 Å². The van der Waals surface area contributed by atoms with Crippen molar-refractivity contribution in [2.24, 2.45) is 17.8 Å². The minimum atomic E-state index is -0.694. The van der Waals surface area contributed by atoms with Gasteiger partial charge in [-0.15, -0.1) is 0 Å². The van der Waals surface area contributed by atoms with Gasteiger partial charge < -0.3 is 9.84 Å². The van der Waals surface area contributed by atoms with Gasteiger partial charge in [0.15, 0.2) is 23.1 Å². The summed E-state index contributed by atoms with van der Waals surface area (Å²) >= 11 is 9.57. The molecule has 4 unspecified atom stereocenters. The van der Waals surface area contributed by atoms with E-state index in [0.717, 1.165) is 11.1 Å². The van der Waals surface area contributed by atoms with Crippen molar-refractivity contribution in [2.45, 2.75) is 32.6 Å². The second-order valence-corrected chi connectivity index (χ2v) is 11.8. The van der Waals surface area contributed by atoms with Crippen LogP contribution in [0.25, 0.3) is 0 Å². The number of aryl methyl sites for hydroxylation is 1. The lowest BCUT2D eigenvalue weighted by Crippen LogP contribution is -2.39. The third kappa shape index (κ3) is 3.99. The van der Waals surface area contributed by atoms with Crippen molar-refractivity contribution in [1.29, 1.82) is 0 Å². The Labute approximate surface area is 244 Å². The topological polar surface area (TPSA) is 101 Å². The first-order valence-electron chi connectivity index (χ1n) is 13.1. The van der Waals surface area contributed by atoms with E-state index in [9.17, 15) is 24.3 Å². The number of rotatable bonds is 4. The van der Waals surface area contributed by atoms with E-state index < -0.39 is 23.7 Å². The highest BCUT2D eigenvalue weighted by Gasteiger charge is 2.56. The average molecular weight is 623 g/mol. The molecule has 0 saturated carbocycles. The van der Waals surface area contributed by atoms with Crippen molar-refractivity contribution in [1.82, 2.24) is 0 Å². The van der Waals surface area contributed by atoms with Crippen molar-refractivity contribution in [2.75, 3.05) is 11.5 Å². The SMILES string of the molecule is CCOc1cc(C2C3=CCC4C(=O)N(c5ccc(C)c(Cl)c5)C(=O)C4C3CC3=C2C(=O)C=C(Br)C3=O)ccc1O. The Morgan fingerprint density at radius 2 is 1.85 bits per heavy atom. The number of carbonyl (C=O) groups excluding carboxylic acids is 4. The van der Waals surface area contributed by atoms with Crippen molar-refractivity contribution >= 4 is 56.6 Å². The molecule has 0 spiro atoms. The van der Waals surface area contributed by atoms with Gasteiger partial charge >= 0.3 is 0 Å². The zero-order valence-corrected chi connectivity index (χ0v) is 24.1. The highest BCUT2D eigenvalue weighted by molar-refractivity contribution is 9.12. The lowest BCUT2D eigenvalue weighted by molar-refractivity contribution is -0.123. The van der Waals surface area contributed by atoms with Gasteiger partial charge in [0.1, 0.15) is 0 Å². The molecule has 1 N–H and O–H groups in total. The Kier molecular flexibility index (Phi) is 6.58. The number of fused-ring (bicyclic) bond motifs is 3. The third-order valence-corrected chi connectivity index (χ3v) is 9.36. The molecule has 1 aliphatic heterocycles. The van der Waals surface area contributed by atoms with Gasteiger partial charge in [0.2, 0.25) is 11.8 Å². The monoisotopic (exact) mass is 621 g/mol. The van der Waals surface area contributed by atoms with Crippen molar-refractivity contribution in [3.8, 4) is 11.5 Å². The lowest BCUT2D eigenvalue weighted by Gasteiger charge is -2.42. The number of ether oxygens (including phenoxy) is 1. The number of nitrogens with zero attached hydrogens (tertiary/aromatic N) is 1. The van der Waals surface area contributed by atoms with Crippen LogP contribution in [-0.2, 0) is 19.2 Å². The van der Waals surface area contributed by atoms with Crippen molar-refractivity contribution in [3.63, 3.8) is 0 Å². The van der Waals surface area contributed by atoms with Gasteiger partial charge in [-0.2, -0.15) is 0 Å². The summed E-state index contributed by atoms with van der Waals surface area (Å²) in [5, 5.41) is 10.8. The molecule has 4 aliphatic rings. The first kappa shape index (κ1) is 26.7. The normalized spacial score (nSPS) is 25.9. The summed E-state index contributed by atoms with van der Waals surface area (Å²) < 4.78 is 5.78. The number of amides is 2. The first-order chi connectivity index (χ1) is 19.1. The van der Waals surface area contributed by atoms with E-state index in [4.69, 9.17) is 16.3 Å². The molecule has 0 radical (unpaired) electrons. The third-order valence-electron chi connectivity index (χ3n) is 8.36. The van der Waals surface area contributed by atoms with Crippen LogP contribution in [0.5, 0.6) is 11.5 Å². The van der Waals surface area contributed by atoms with Gasteiger partial charge in [0.05, 0.1) is 28.6 Å². The zero-order chi connectivity index (χ0) is 28.5. The second-order valence-electron chi connectivity index (χ2n) is 10.5. The summed E-state index contributed by atoms with van der Waals surface area (Å²) in [5.74, 6) is -3.38. The molecule has 204 valence electrons.